The first-order valence-corrected chi connectivity index (χ1v) is 8.36. The van der Waals surface area contributed by atoms with Crippen LogP contribution in [0.3, 0.4) is 0 Å². The van der Waals surface area contributed by atoms with Crippen LogP contribution in [-0.4, -0.2) is 28.0 Å². The van der Waals surface area contributed by atoms with Crippen molar-refractivity contribution in [3.63, 3.8) is 0 Å². The molecule has 0 radical (unpaired) electrons. The maximum Gasteiger partial charge on any atom is 0.391 e. The van der Waals surface area contributed by atoms with E-state index in [9.17, 15) is 18.0 Å². The molecule has 1 saturated carbocycles. The molecule has 0 aromatic carbocycles. The number of hydrogen-bond acceptors (Lipinski definition) is 2. The van der Waals surface area contributed by atoms with Crippen molar-refractivity contribution in [1.82, 2.24) is 20.4 Å². The Bertz CT molecular complexity index is 583. The number of hydrogen-bond donors (Lipinski definition) is 2. The molecule has 0 spiro atoms. The van der Waals surface area contributed by atoms with Crippen LogP contribution in [0.5, 0.6) is 0 Å². The van der Waals surface area contributed by atoms with Gasteiger partial charge in [0.25, 0.3) is 0 Å². The SMILES string of the molecule is CCn1nc(C)c(CNC(=O)N[C@@H]2CCC[C@@H](C(F)(F)F)C2)c1C. The molecule has 0 aliphatic heterocycles. The summed E-state index contributed by atoms with van der Waals surface area (Å²) in [5.41, 5.74) is 2.79. The lowest BCUT2D eigenvalue weighted by Crippen LogP contribution is -2.45. The lowest BCUT2D eigenvalue weighted by molar-refractivity contribution is -0.183. The number of aromatic nitrogens is 2. The van der Waals surface area contributed by atoms with Crippen molar-refractivity contribution < 1.29 is 18.0 Å². The predicted octanol–water partition coefficient (Wildman–Crippen LogP) is 3.44. The molecule has 2 amide bonds. The number of carbonyl (C=O) groups excluding carboxylic acids is 1. The number of carbonyl (C=O) groups is 1. The fraction of sp³-hybridized carbons (Fsp3) is 0.750. The summed E-state index contributed by atoms with van der Waals surface area (Å²) in [6.45, 7) is 6.87. The van der Waals surface area contributed by atoms with Crippen LogP contribution in [0.4, 0.5) is 18.0 Å². The number of rotatable bonds is 4. The zero-order valence-electron chi connectivity index (χ0n) is 14.3. The molecule has 1 aromatic rings. The van der Waals surface area contributed by atoms with Crippen LogP contribution < -0.4 is 10.6 Å². The van der Waals surface area contributed by atoms with Crippen LogP contribution in [0, 0.1) is 19.8 Å². The third-order valence-electron chi connectivity index (χ3n) is 4.73. The van der Waals surface area contributed by atoms with Crippen LogP contribution in [0.15, 0.2) is 0 Å². The number of nitrogens with one attached hydrogen (secondary N) is 2. The Labute approximate surface area is 140 Å². The molecule has 0 unspecified atom stereocenters. The molecular formula is C16H25F3N4O. The molecule has 0 bridgehead atoms. The summed E-state index contributed by atoms with van der Waals surface area (Å²) in [7, 11) is 0. The van der Waals surface area contributed by atoms with Gasteiger partial charge in [-0.15, -0.1) is 0 Å². The van der Waals surface area contributed by atoms with Gasteiger partial charge in [0.1, 0.15) is 0 Å². The minimum absolute atomic E-state index is 0.0389. The highest BCUT2D eigenvalue weighted by atomic mass is 19.4. The quantitative estimate of drug-likeness (QED) is 0.877. The van der Waals surface area contributed by atoms with E-state index in [0.717, 1.165) is 23.5 Å². The normalized spacial score (nSPS) is 21.6. The molecule has 24 heavy (non-hydrogen) atoms. The van der Waals surface area contributed by atoms with Crippen LogP contribution in [0.2, 0.25) is 0 Å². The molecule has 2 rings (SSSR count). The summed E-state index contributed by atoms with van der Waals surface area (Å²) in [4.78, 5) is 12.0. The van der Waals surface area contributed by atoms with Crippen molar-refractivity contribution >= 4 is 6.03 Å². The van der Waals surface area contributed by atoms with E-state index in [1.165, 1.54) is 0 Å². The second-order valence-corrected chi connectivity index (χ2v) is 6.39. The number of aryl methyl sites for hydroxylation is 2. The van der Waals surface area contributed by atoms with Crippen LogP contribution in [0.1, 0.15) is 49.6 Å². The first-order valence-electron chi connectivity index (χ1n) is 8.36. The molecule has 1 aliphatic rings. The Morgan fingerprint density at radius 3 is 2.62 bits per heavy atom. The number of alkyl halides is 3. The van der Waals surface area contributed by atoms with Gasteiger partial charge < -0.3 is 10.6 Å². The standard InChI is InChI=1S/C16H25F3N4O/c1-4-23-11(3)14(10(2)22-23)9-20-15(24)21-13-7-5-6-12(8-13)16(17,18)19/h12-13H,4-9H2,1-3H3,(H2,20,21,24)/t12-,13-/m1/s1. The third kappa shape index (κ3) is 4.42. The zero-order chi connectivity index (χ0) is 17.9. The lowest BCUT2D eigenvalue weighted by Gasteiger charge is -2.31. The highest BCUT2D eigenvalue weighted by Gasteiger charge is 2.42. The average molecular weight is 346 g/mol. The van der Waals surface area contributed by atoms with Crippen LogP contribution in [0.25, 0.3) is 0 Å². The maximum atomic E-state index is 12.8. The van der Waals surface area contributed by atoms with E-state index in [4.69, 9.17) is 0 Å². The van der Waals surface area contributed by atoms with Crippen molar-refractivity contribution in [3.05, 3.63) is 17.0 Å². The van der Waals surface area contributed by atoms with E-state index in [1.807, 2.05) is 25.5 Å². The van der Waals surface area contributed by atoms with E-state index in [1.54, 1.807) is 0 Å². The van der Waals surface area contributed by atoms with E-state index < -0.39 is 24.2 Å². The second-order valence-electron chi connectivity index (χ2n) is 6.39. The van der Waals surface area contributed by atoms with Gasteiger partial charge in [-0.1, -0.05) is 6.42 Å². The van der Waals surface area contributed by atoms with Crippen LogP contribution >= 0.6 is 0 Å². The Hall–Kier alpha value is -1.73. The Morgan fingerprint density at radius 2 is 2.04 bits per heavy atom. The fourth-order valence-electron chi connectivity index (χ4n) is 3.32. The van der Waals surface area contributed by atoms with Crippen molar-refractivity contribution in [2.45, 2.75) is 71.8 Å². The van der Waals surface area contributed by atoms with Gasteiger partial charge in [-0.05, 0) is 40.0 Å². The van der Waals surface area contributed by atoms with E-state index in [0.29, 0.717) is 19.4 Å². The first kappa shape index (κ1) is 18.6. The summed E-state index contributed by atoms with van der Waals surface area (Å²) in [6.07, 6.45) is -3.00. The Kier molecular flexibility index (Phi) is 5.77. The summed E-state index contributed by atoms with van der Waals surface area (Å²) in [5.74, 6) is -1.32. The van der Waals surface area contributed by atoms with Gasteiger partial charge in [-0.25, -0.2) is 4.79 Å². The Morgan fingerprint density at radius 1 is 1.33 bits per heavy atom. The van der Waals surface area contributed by atoms with Crippen LogP contribution in [-0.2, 0) is 13.1 Å². The highest BCUT2D eigenvalue weighted by Crippen LogP contribution is 2.37. The molecule has 136 valence electrons. The molecule has 1 aromatic heterocycles. The third-order valence-corrected chi connectivity index (χ3v) is 4.73. The summed E-state index contributed by atoms with van der Waals surface area (Å²) in [5, 5.41) is 9.79. The molecular weight excluding hydrogens is 321 g/mol. The topological polar surface area (TPSA) is 59.0 Å². The largest absolute Gasteiger partial charge is 0.391 e. The molecule has 2 atom stereocenters. The summed E-state index contributed by atoms with van der Waals surface area (Å²) in [6, 6.07) is -0.850. The summed E-state index contributed by atoms with van der Waals surface area (Å²) >= 11 is 0. The number of amides is 2. The van der Waals surface area contributed by atoms with E-state index >= 15 is 0 Å². The predicted molar refractivity (Wildman–Crippen MR) is 84.5 cm³/mol. The molecule has 5 nitrogen and oxygen atoms in total. The Balaban J connectivity index is 1.86. The molecule has 1 fully saturated rings. The van der Waals surface area contributed by atoms with E-state index in [-0.39, 0.29) is 12.8 Å². The van der Waals surface area contributed by atoms with E-state index in [2.05, 4.69) is 15.7 Å². The number of nitrogens with zero attached hydrogens (tertiary/aromatic N) is 2. The first-order chi connectivity index (χ1) is 11.2. The van der Waals surface area contributed by atoms with Crippen molar-refractivity contribution in [2.75, 3.05) is 0 Å². The number of urea groups is 1. The average Bonchev–Trinajstić information content (AvgIpc) is 2.78. The van der Waals surface area contributed by atoms with Gasteiger partial charge in [0, 0.05) is 30.4 Å². The zero-order valence-corrected chi connectivity index (χ0v) is 14.3. The van der Waals surface area contributed by atoms with Crippen molar-refractivity contribution in [3.8, 4) is 0 Å². The van der Waals surface area contributed by atoms with Gasteiger partial charge in [0.15, 0.2) is 0 Å². The van der Waals surface area contributed by atoms with Gasteiger partial charge in [0.2, 0.25) is 0 Å². The van der Waals surface area contributed by atoms with Crippen molar-refractivity contribution in [1.29, 1.82) is 0 Å². The smallest absolute Gasteiger partial charge is 0.335 e. The van der Waals surface area contributed by atoms with Gasteiger partial charge in [0.05, 0.1) is 11.6 Å². The minimum Gasteiger partial charge on any atom is -0.335 e. The molecule has 8 heteroatoms. The lowest BCUT2D eigenvalue weighted by atomic mass is 9.85. The van der Waals surface area contributed by atoms with Gasteiger partial charge >= 0.3 is 12.2 Å². The molecule has 1 heterocycles. The fourth-order valence-corrected chi connectivity index (χ4v) is 3.32. The second kappa shape index (κ2) is 7.44. The molecule has 1 aliphatic carbocycles. The van der Waals surface area contributed by atoms with Crippen molar-refractivity contribution in [2.24, 2.45) is 5.92 Å². The maximum absolute atomic E-state index is 12.8. The monoisotopic (exact) mass is 346 g/mol. The molecule has 2 N–H and O–H groups in total. The number of halogens is 3. The summed E-state index contributed by atoms with van der Waals surface area (Å²) < 4.78 is 40.3. The van der Waals surface area contributed by atoms with Gasteiger partial charge in [-0.3, -0.25) is 4.68 Å². The van der Waals surface area contributed by atoms with Gasteiger partial charge in [-0.2, -0.15) is 18.3 Å². The molecule has 0 saturated heterocycles. The highest BCUT2D eigenvalue weighted by molar-refractivity contribution is 5.74. The minimum atomic E-state index is -4.18.